The van der Waals surface area contributed by atoms with Crippen LogP contribution in [-0.4, -0.2) is 50.0 Å². The number of hydrogen-bond donors (Lipinski definition) is 1. The molecule has 3 rings (SSSR count). The second-order valence-electron chi connectivity index (χ2n) is 9.79. The summed E-state index contributed by atoms with van der Waals surface area (Å²) >= 11 is 0. The van der Waals surface area contributed by atoms with Gasteiger partial charge in [0.25, 0.3) is 0 Å². The minimum Gasteiger partial charge on any atom is -0.352 e. The number of nitrogens with one attached hydrogen (secondary N) is 1. The number of amides is 2. The number of sulfonamides is 1. The van der Waals surface area contributed by atoms with Crippen LogP contribution in [0.4, 0.5) is 5.69 Å². The monoisotopic (exact) mass is 499 g/mol. The Kier molecular flexibility index (Phi) is 8.59. The third kappa shape index (κ3) is 7.31. The van der Waals surface area contributed by atoms with E-state index in [1.54, 1.807) is 19.1 Å². The first-order valence-corrected chi connectivity index (χ1v) is 14.0. The summed E-state index contributed by atoms with van der Waals surface area (Å²) in [4.78, 5) is 28.2. The summed E-state index contributed by atoms with van der Waals surface area (Å²) < 4.78 is 26.6. The molecule has 1 saturated carbocycles. The lowest BCUT2D eigenvalue weighted by molar-refractivity contribution is -0.139. The molecule has 2 aromatic rings. The van der Waals surface area contributed by atoms with Crippen molar-refractivity contribution in [2.75, 3.05) is 17.1 Å². The number of carbonyl (C=O) groups is 2. The van der Waals surface area contributed by atoms with Crippen LogP contribution < -0.4 is 9.62 Å². The van der Waals surface area contributed by atoms with Crippen LogP contribution in [0.3, 0.4) is 0 Å². The number of anilines is 1. The van der Waals surface area contributed by atoms with Crippen molar-refractivity contribution in [3.05, 3.63) is 64.7 Å². The minimum atomic E-state index is -3.74. The lowest BCUT2D eigenvalue weighted by atomic mass is 10.1. The molecular weight excluding hydrogens is 462 g/mol. The molecule has 0 spiro atoms. The van der Waals surface area contributed by atoms with Crippen LogP contribution in [0, 0.1) is 20.8 Å². The number of hydrogen-bond acceptors (Lipinski definition) is 4. The van der Waals surface area contributed by atoms with Gasteiger partial charge in [-0.05, 0) is 69.4 Å². The Morgan fingerprint density at radius 3 is 2.20 bits per heavy atom. The SMILES string of the molecule is Cc1cccc(CN(C(=O)CN(c2cc(C)cc(C)c2)S(C)(=O)=O)C(C)C(=O)NC2CCCC2)c1. The molecule has 0 bridgehead atoms. The van der Waals surface area contributed by atoms with E-state index in [9.17, 15) is 18.0 Å². The third-order valence-electron chi connectivity index (χ3n) is 6.48. The first-order chi connectivity index (χ1) is 16.4. The Morgan fingerprint density at radius 2 is 1.63 bits per heavy atom. The number of rotatable bonds is 9. The fourth-order valence-corrected chi connectivity index (χ4v) is 5.52. The molecule has 0 aromatic heterocycles. The summed E-state index contributed by atoms with van der Waals surface area (Å²) in [6.45, 7) is 7.28. The van der Waals surface area contributed by atoms with Crippen molar-refractivity contribution in [2.45, 2.75) is 72.0 Å². The molecule has 2 aromatic carbocycles. The van der Waals surface area contributed by atoms with Gasteiger partial charge in [-0.15, -0.1) is 0 Å². The number of aryl methyl sites for hydroxylation is 3. The summed E-state index contributed by atoms with van der Waals surface area (Å²) in [6.07, 6.45) is 5.16. The van der Waals surface area contributed by atoms with Crippen molar-refractivity contribution in [3.63, 3.8) is 0 Å². The van der Waals surface area contributed by atoms with Crippen molar-refractivity contribution in [2.24, 2.45) is 0 Å². The van der Waals surface area contributed by atoms with Gasteiger partial charge < -0.3 is 10.2 Å². The van der Waals surface area contributed by atoms with E-state index >= 15 is 0 Å². The first-order valence-electron chi connectivity index (χ1n) is 12.2. The molecule has 1 aliphatic carbocycles. The number of benzene rings is 2. The average Bonchev–Trinajstić information content (AvgIpc) is 3.26. The van der Waals surface area contributed by atoms with Gasteiger partial charge in [0.2, 0.25) is 21.8 Å². The summed E-state index contributed by atoms with van der Waals surface area (Å²) in [5, 5.41) is 3.08. The van der Waals surface area contributed by atoms with Crippen LogP contribution in [0.1, 0.15) is 54.9 Å². The molecule has 8 heteroatoms. The van der Waals surface area contributed by atoms with Gasteiger partial charge in [-0.2, -0.15) is 0 Å². The highest BCUT2D eigenvalue weighted by molar-refractivity contribution is 7.92. The number of carbonyl (C=O) groups excluding carboxylic acids is 2. The molecule has 1 fully saturated rings. The fraction of sp³-hybridized carbons (Fsp3) is 0.481. The minimum absolute atomic E-state index is 0.128. The Bertz CT molecular complexity index is 1150. The summed E-state index contributed by atoms with van der Waals surface area (Å²) in [7, 11) is -3.74. The molecule has 35 heavy (non-hydrogen) atoms. The molecule has 0 saturated heterocycles. The molecule has 1 atom stereocenters. The average molecular weight is 500 g/mol. The second kappa shape index (κ2) is 11.2. The van der Waals surface area contributed by atoms with E-state index < -0.39 is 22.0 Å². The van der Waals surface area contributed by atoms with Crippen molar-refractivity contribution in [1.29, 1.82) is 0 Å². The maximum absolute atomic E-state index is 13.7. The van der Waals surface area contributed by atoms with Crippen LogP contribution in [0.25, 0.3) is 0 Å². The van der Waals surface area contributed by atoms with E-state index in [1.807, 2.05) is 51.1 Å². The Morgan fingerprint density at radius 1 is 1.00 bits per heavy atom. The standard InChI is InChI=1S/C27H37N3O4S/c1-19-9-8-10-23(14-19)17-29(22(4)27(32)28-24-11-6-7-12-24)26(31)18-30(35(5,33)34)25-15-20(2)13-21(3)16-25/h8-10,13-16,22,24H,6-7,11-12,17-18H2,1-5H3,(H,28,32). The zero-order chi connectivity index (χ0) is 25.8. The molecule has 2 amide bonds. The second-order valence-corrected chi connectivity index (χ2v) is 11.7. The molecule has 1 N–H and O–H groups in total. The van der Waals surface area contributed by atoms with Crippen molar-refractivity contribution < 1.29 is 18.0 Å². The normalized spacial score (nSPS) is 15.0. The Labute approximate surface area is 209 Å². The maximum atomic E-state index is 13.7. The predicted octanol–water partition coefficient (Wildman–Crippen LogP) is 3.85. The third-order valence-corrected chi connectivity index (χ3v) is 7.62. The van der Waals surface area contributed by atoms with Crippen LogP contribution in [0.2, 0.25) is 0 Å². The van der Waals surface area contributed by atoms with Crippen molar-refractivity contribution in [1.82, 2.24) is 10.2 Å². The van der Waals surface area contributed by atoms with Gasteiger partial charge in [-0.3, -0.25) is 13.9 Å². The molecule has 7 nitrogen and oxygen atoms in total. The van der Waals surface area contributed by atoms with E-state index in [4.69, 9.17) is 0 Å². The van der Waals surface area contributed by atoms with Gasteiger partial charge in [0.1, 0.15) is 12.6 Å². The molecule has 0 aliphatic heterocycles. The lowest BCUT2D eigenvalue weighted by Gasteiger charge is -2.32. The van der Waals surface area contributed by atoms with Gasteiger partial charge in [-0.1, -0.05) is 48.7 Å². The van der Waals surface area contributed by atoms with Gasteiger partial charge in [0, 0.05) is 12.6 Å². The molecule has 0 radical (unpaired) electrons. The predicted molar refractivity (Wildman–Crippen MR) is 140 cm³/mol. The highest BCUT2D eigenvalue weighted by atomic mass is 32.2. The van der Waals surface area contributed by atoms with Crippen molar-refractivity contribution >= 4 is 27.5 Å². The van der Waals surface area contributed by atoms with Crippen LogP contribution >= 0.6 is 0 Å². The van der Waals surface area contributed by atoms with Crippen LogP contribution in [-0.2, 0) is 26.2 Å². The molecule has 190 valence electrons. The smallest absolute Gasteiger partial charge is 0.244 e. The lowest BCUT2D eigenvalue weighted by Crippen LogP contribution is -2.52. The zero-order valence-electron chi connectivity index (χ0n) is 21.4. The highest BCUT2D eigenvalue weighted by Crippen LogP contribution is 2.23. The Hall–Kier alpha value is -2.87. The zero-order valence-corrected chi connectivity index (χ0v) is 22.2. The summed E-state index contributed by atoms with van der Waals surface area (Å²) in [5.41, 5.74) is 4.18. The van der Waals surface area contributed by atoms with Crippen LogP contribution in [0.15, 0.2) is 42.5 Å². The molecule has 1 aliphatic rings. The van der Waals surface area contributed by atoms with E-state index in [0.717, 1.165) is 58.5 Å². The largest absolute Gasteiger partial charge is 0.352 e. The van der Waals surface area contributed by atoms with E-state index in [0.29, 0.717) is 5.69 Å². The van der Waals surface area contributed by atoms with Gasteiger partial charge >= 0.3 is 0 Å². The van der Waals surface area contributed by atoms with E-state index in [2.05, 4.69) is 5.32 Å². The van der Waals surface area contributed by atoms with E-state index in [-0.39, 0.29) is 25.0 Å². The fourth-order valence-electron chi connectivity index (χ4n) is 4.69. The topological polar surface area (TPSA) is 86.8 Å². The van der Waals surface area contributed by atoms with Crippen molar-refractivity contribution in [3.8, 4) is 0 Å². The molecule has 0 heterocycles. The van der Waals surface area contributed by atoms with Gasteiger partial charge in [0.05, 0.1) is 11.9 Å². The Balaban J connectivity index is 1.90. The maximum Gasteiger partial charge on any atom is 0.244 e. The number of nitrogens with zero attached hydrogens (tertiary/aromatic N) is 2. The van der Waals surface area contributed by atoms with Gasteiger partial charge in [0.15, 0.2) is 0 Å². The van der Waals surface area contributed by atoms with Crippen LogP contribution in [0.5, 0.6) is 0 Å². The highest BCUT2D eigenvalue weighted by Gasteiger charge is 2.31. The molecular formula is C27H37N3O4S. The molecule has 1 unspecified atom stereocenters. The quantitative estimate of drug-likeness (QED) is 0.568. The summed E-state index contributed by atoms with van der Waals surface area (Å²) in [5.74, 6) is -0.639. The first kappa shape index (κ1) is 26.7. The van der Waals surface area contributed by atoms with E-state index in [1.165, 1.54) is 4.90 Å². The summed E-state index contributed by atoms with van der Waals surface area (Å²) in [6, 6.07) is 12.6. The van der Waals surface area contributed by atoms with Gasteiger partial charge in [-0.25, -0.2) is 8.42 Å².